The lowest BCUT2D eigenvalue weighted by molar-refractivity contribution is -0.123. The second kappa shape index (κ2) is 10.4. The average Bonchev–Trinajstić information content (AvgIpc) is 2.92. The van der Waals surface area contributed by atoms with Crippen LogP contribution in [0.1, 0.15) is 43.0 Å². The van der Waals surface area contributed by atoms with Crippen molar-refractivity contribution in [3.8, 4) is 17.6 Å². The zero-order valence-corrected chi connectivity index (χ0v) is 23.5. The second-order valence-electron chi connectivity index (χ2n) is 10.8. The van der Waals surface area contributed by atoms with Crippen LogP contribution >= 0.6 is 0 Å². The Morgan fingerprint density at radius 1 is 1.18 bits per heavy atom. The fraction of sp³-hybridized carbons (Fsp3) is 0.517. The van der Waals surface area contributed by atoms with Gasteiger partial charge >= 0.3 is 0 Å². The van der Waals surface area contributed by atoms with Gasteiger partial charge in [-0.1, -0.05) is 6.07 Å². The molecule has 1 amide bonds. The van der Waals surface area contributed by atoms with E-state index in [4.69, 9.17) is 14.2 Å². The number of hydrogen-bond donors (Lipinski definition) is 2. The summed E-state index contributed by atoms with van der Waals surface area (Å²) in [4.78, 5) is 43.1. The summed E-state index contributed by atoms with van der Waals surface area (Å²) < 4.78 is 17.1. The Labute approximate surface area is 233 Å². The van der Waals surface area contributed by atoms with Crippen molar-refractivity contribution in [3.63, 3.8) is 0 Å². The van der Waals surface area contributed by atoms with Crippen LogP contribution in [-0.4, -0.2) is 91.2 Å². The minimum Gasteiger partial charge on any atom is -0.504 e. The molecule has 1 aromatic rings. The smallest absolute Gasteiger partial charge is 0.225 e. The van der Waals surface area contributed by atoms with Gasteiger partial charge in [0.05, 0.1) is 25.3 Å². The highest BCUT2D eigenvalue weighted by Gasteiger charge is 2.57. The molecular weight excluding hydrogens is 516 g/mol. The monoisotopic (exact) mass is 550 g/mol. The molecule has 1 fully saturated rings. The first-order valence-electron chi connectivity index (χ1n) is 13.2. The molecule has 1 aromatic carbocycles. The van der Waals surface area contributed by atoms with E-state index >= 15 is 0 Å². The van der Waals surface area contributed by atoms with Gasteiger partial charge in [-0.2, -0.15) is 5.26 Å². The number of likely N-dealkylation sites (N-methyl/N-ethyl adjacent to an activating group) is 1. The second-order valence-corrected chi connectivity index (χ2v) is 10.8. The quantitative estimate of drug-likeness (QED) is 0.397. The molecule has 212 valence electrons. The Hall–Kier alpha value is -3.72. The number of nitriles is 1. The molecular formula is C29H34N4O7. The van der Waals surface area contributed by atoms with Crippen molar-refractivity contribution >= 4 is 17.5 Å². The molecule has 2 N–H and O–H groups in total. The Balaban J connectivity index is 1.75. The fourth-order valence-electron chi connectivity index (χ4n) is 7.05. The number of ketones is 2. The van der Waals surface area contributed by atoms with Crippen molar-refractivity contribution in [1.29, 1.82) is 5.26 Å². The number of hydrogen-bond acceptors (Lipinski definition) is 10. The molecule has 3 aliphatic heterocycles. The SMILES string of the molecule is COCOc1c(OC)c(C)cc2c1[C@@H]1[C@@H]3CC4=C(C(=O)C(O)=C(C)C4=O)[C@H](CNC(C)=O)N3[C@@H](C#N)[C@@H](C2)N1C. The van der Waals surface area contributed by atoms with Gasteiger partial charge in [0.2, 0.25) is 11.7 Å². The number of methoxy groups -OCH3 is 2. The number of aliphatic hydroxyl groups excluding tert-OH is 1. The molecule has 0 saturated carbocycles. The summed E-state index contributed by atoms with van der Waals surface area (Å²) in [5, 5.41) is 23.9. The van der Waals surface area contributed by atoms with Crippen molar-refractivity contribution in [3.05, 3.63) is 45.2 Å². The maximum absolute atomic E-state index is 13.5. The van der Waals surface area contributed by atoms with Crippen LogP contribution in [0.25, 0.3) is 0 Å². The van der Waals surface area contributed by atoms with Crippen LogP contribution in [0.15, 0.2) is 28.5 Å². The van der Waals surface area contributed by atoms with Crippen LogP contribution in [-0.2, 0) is 25.5 Å². The Morgan fingerprint density at radius 3 is 2.52 bits per heavy atom. The molecule has 11 heteroatoms. The van der Waals surface area contributed by atoms with Crippen LogP contribution in [0.2, 0.25) is 0 Å². The number of Topliss-reactive ketones (excluding diaryl/α,β-unsaturated/α-hetero) is 2. The highest BCUT2D eigenvalue weighted by atomic mass is 16.7. The number of benzene rings is 1. The number of rotatable bonds is 6. The third-order valence-electron chi connectivity index (χ3n) is 8.73. The average molecular weight is 551 g/mol. The zero-order chi connectivity index (χ0) is 29.0. The molecule has 1 aliphatic carbocycles. The van der Waals surface area contributed by atoms with Crippen LogP contribution in [0.3, 0.4) is 0 Å². The van der Waals surface area contributed by atoms with E-state index in [9.17, 15) is 24.8 Å². The number of carbonyl (C=O) groups is 3. The molecule has 0 spiro atoms. The van der Waals surface area contributed by atoms with E-state index in [0.29, 0.717) is 23.5 Å². The standard InChI is InChI=1S/C29H34N4O7/c1-13-7-16-8-18-20(10-30)33-19(24(32(18)4)22(16)29(28(13)39-6)40-12-38-5)9-17-23(21(33)11-31-15(3)34)27(37)26(36)14(2)25(17)35/h7,18-21,24,36H,8-9,11-12H2,1-6H3,(H,31,34)/t18-,19+,20+,21+,24+/m1/s1. The third-order valence-corrected chi connectivity index (χ3v) is 8.73. The lowest BCUT2D eigenvalue weighted by Crippen LogP contribution is -2.71. The minimum absolute atomic E-state index is 0.000180. The molecule has 5 atom stereocenters. The number of aliphatic hydroxyl groups is 1. The summed E-state index contributed by atoms with van der Waals surface area (Å²) in [6, 6.07) is 2.08. The van der Waals surface area contributed by atoms with Crippen LogP contribution in [0.5, 0.6) is 11.5 Å². The number of allylic oxidation sites excluding steroid dienone is 2. The topological polar surface area (TPSA) is 141 Å². The van der Waals surface area contributed by atoms with Gasteiger partial charge in [0.15, 0.2) is 29.8 Å². The predicted octanol–water partition coefficient (Wildman–Crippen LogP) is 1.65. The van der Waals surface area contributed by atoms with Crippen LogP contribution in [0, 0.1) is 18.3 Å². The van der Waals surface area contributed by atoms with Crippen molar-refractivity contribution in [2.45, 2.75) is 63.8 Å². The maximum atomic E-state index is 13.5. The Bertz CT molecular complexity index is 1410. The van der Waals surface area contributed by atoms with Crippen molar-refractivity contribution < 1.29 is 33.7 Å². The number of carbonyl (C=O) groups excluding carboxylic acids is 3. The number of fused-ring (bicyclic) bond motifs is 6. The number of piperazine rings is 1. The van der Waals surface area contributed by atoms with Gasteiger partial charge < -0.3 is 24.6 Å². The highest BCUT2D eigenvalue weighted by Crippen LogP contribution is 2.54. The Kier molecular flexibility index (Phi) is 7.20. The van der Waals surface area contributed by atoms with Gasteiger partial charge in [0.1, 0.15) is 6.04 Å². The van der Waals surface area contributed by atoms with Gasteiger partial charge in [-0.25, -0.2) is 0 Å². The summed E-state index contributed by atoms with van der Waals surface area (Å²) in [5.41, 5.74) is 3.26. The molecule has 40 heavy (non-hydrogen) atoms. The normalized spacial score (nSPS) is 28.0. The van der Waals surface area contributed by atoms with Crippen molar-refractivity contribution in [2.24, 2.45) is 0 Å². The molecule has 11 nitrogen and oxygen atoms in total. The molecule has 0 aromatic heterocycles. The number of aryl methyl sites for hydroxylation is 1. The summed E-state index contributed by atoms with van der Waals surface area (Å²) in [6.45, 7) is 4.76. The van der Waals surface area contributed by atoms with Crippen molar-refractivity contribution in [2.75, 3.05) is 34.6 Å². The lowest BCUT2D eigenvalue weighted by atomic mass is 9.69. The van der Waals surface area contributed by atoms with Crippen LogP contribution < -0.4 is 14.8 Å². The molecule has 0 unspecified atom stereocenters. The van der Waals surface area contributed by atoms with E-state index in [1.165, 1.54) is 21.0 Å². The maximum Gasteiger partial charge on any atom is 0.225 e. The molecule has 0 radical (unpaired) electrons. The van der Waals surface area contributed by atoms with E-state index in [2.05, 4.69) is 22.4 Å². The fourth-order valence-corrected chi connectivity index (χ4v) is 7.05. The number of nitrogens with one attached hydrogen (secondary N) is 1. The molecule has 1 saturated heterocycles. The molecule has 4 aliphatic rings. The molecule has 3 heterocycles. The highest BCUT2D eigenvalue weighted by molar-refractivity contribution is 6.24. The third kappa shape index (κ3) is 4.01. The predicted molar refractivity (Wildman–Crippen MR) is 143 cm³/mol. The largest absolute Gasteiger partial charge is 0.504 e. The van der Waals surface area contributed by atoms with Gasteiger partial charge in [-0.3, -0.25) is 24.2 Å². The van der Waals surface area contributed by atoms with Gasteiger partial charge in [0, 0.05) is 54.9 Å². The van der Waals surface area contributed by atoms with E-state index in [1.807, 2.05) is 18.9 Å². The summed E-state index contributed by atoms with van der Waals surface area (Å²) in [7, 11) is 5.08. The number of amides is 1. The van der Waals surface area contributed by atoms with E-state index in [1.54, 1.807) is 7.11 Å². The summed E-state index contributed by atoms with van der Waals surface area (Å²) in [5.74, 6) is -0.801. The van der Waals surface area contributed by atoms with Gasteiger partial charge in [-0.15, -0.1) is 0 Å². The van der Waals surface area contributed by atoms with Crippen LogP contribution in [0.4, 0.5) is 0 Å². The van der Waals surface area contributed by atoms with Gasteiger partial charge in [0.25, 0.3) is 0 Å². The first-order valence-corrected chi connectivity index (χ1v) is 13.2. The van der Waals surface area contributed by atoms with Crippen molar-refractivity contribution in [1.82, 2.24) is 15.1 Å². The minimum atomic E-state index is -0.787. The lowest BCUT2D eigenvalue weighted by Gasteiger charge is -2.60. The molecule has 2 bridgehead atoms. The number of ether oxygens (including phenoxy) is 3. The van der Waals surface area contributed by atoms with E-state index < -0.39 is 35.5 Å². The molecule has 5 rings (SSSR count). The van der Waals surface area contributed by atoms with Gasteiger partial charge in [-0.05, 0) is 44.9 Å². The Morgan fingerprint density at radius 2 is 1.90 bits per heavy atom. The summed E-state index contributed by atoms with van der Waals surface area (Å²) in [6.07, 6.45) is 0.716. The first kappa shape index (κ1) is 27.8. The van der Waals surface area contributed by atoms with E-state index in [-0.39, 0.29) is 48.9 Å². The summed E-state index contributed by atoms with van der Waals surface area (Å²) >= 11 is 0. The zero-order valence-electron chi connectivity index (χ0n) is 23.5. The van der Waals surface area contributed by atoms with E-state index in [0.717, 1.165) is 16.7 Å². The number of nitrogens with zero attached hydrogens (tertiary/aromatic N) is 3. The first-order chi connectivity index (χ1) is 19.1.